The number of ether oxygens (including phenoxy) is 1. The molecule has 2 aromatic rings. The Kier molecular flexibility index (Phi) is 7.58. The number of pyridine rings is 1. The largest absolute Gasteiger partial charge is 0.467 e. The maximum absolute atomic E-state index is 12.7. The minimum atomic E-state index is -0.697. The van der Waals surface area contributed by atoms with E-state index in [0.29, 0.717) is 19.5 Å². The summed E-state index contributed by atoms with van der Waals surface area (Å²) < 4.78 is 4.88. The molecule has 0 radical (unpaired) electrons. The van der Waals surface area contributed by atoms with Crippen molar-refractivity contribution in [2.45, 2.75) is 18.9 Å². The van der Waals surface area contributed by atoms with Crippen LogP contribution in [0.4, 0.5) is 4.79 Å². The Hall–Kier alpha value is -2.93. The minimum Gasteiger partial charge on any atom is -0.467 e. The summed E-state index contributed by atoms with van der Waals surface area (Å²) in [4.78, 5) is 33.3. The first-order valence-electron chi connectivity index (χ1n) is 9.95. The van der Waals surface area contributed by atoms with Crippen LogP contribution < -0.4 is 5.32 Å². The Morgan fingerprint density at radius 1 is 1.07 bits per heavy atom. The number of nitrogens with zero attached hydrogens (tertiary/aromatic N) is 3. The third kappa shape index (κ3) is 6.29. The predicted molar refractivity (Wildman–Crippen MR) is 110 cm³/mol. The van der Waals surface area contributed by atoms with Crippen LogP contribution in [0.3, 0.4) is 0 Å². The molecule has 7 nitrogen and oxygen atoms in total. The van der Waals surface area contributed by atoms with E-state index in [-0.39, 0.29) is 6.03 Å². The van der Waals surface area contributed by atoms with Crippen molar-refractivity contribution in [2.75, 3.05) is 39.8 Å². The van der Waals surface area contributed by atoms with Gasteiger partial charge in [-0.15, -0.1) is 0 Å². The van der Waals surface area contributed by atoms with Crippen molar-refractivity contribution < 1.29 is 14.3 Å². The van der Waals surface area contributed by atoms with Gasteiger partial charge < -0.3 is 15.0 Å². The number of esters is 1. The fourth-order valence-corrected chi connectivity index (χ4v) is 3.42. The average Bonchev–Trinajstić information content (AvgIpc) is 2.78. The molecule has 1 atom stereocenters. The summed E-state index contributed by atoms with van der Waals surface area (Å²) in [5, 5.41) is 2.84. The molecular formula is C22H28N4O3. The maximum Gasteiger partial charge on any atom is 0.328 e. The normalized spacial score (nSPS) is 15.6. The van der Waals surface area contributed by atoms with E-state index in [1.807, 2.05) is 54.7 Å². The van der Waals surface area contributed by atoms with E-state index in [1.165, 1.54) is 7.11 Å². The first kappa shape index (κ1) is 20.8. The summed E-state index contributed by atoms with van der Waals surface area (Å²) in [6, 6.07) is 14.6. The van der Waals surface area contributed by atoms with E-state index < -0.39 is 12.0 Å². The molecule has 1 fully saturated rings. The van der Waals surface area contributed by atoms with Crippen LogP contribution in [0.15, 0.2) is 54.7 Å². The van der Waals surface area contributed by atoms with Gasteiger partial charge in [0, 0.05) is 57.5 Å². The van der Waals surface area contributed by atoms with Gasteiger partial charge in [-0.2, -0.15) is 0 Å². The van der Waals surface area contributed by atoms with Crippen LogP contribution in [0, 0.1) is 0 Å². The Morgan fingerprint density at radius 3 is 2.45 bits per heavy atom. The van der Waals surface area contributed by atoms with E-state index in [0.717, 1.165) is 37.3 Å². The molecule has 0 spiro atoms. The van der Waals surface area contributed by atoms with Crippen LogP contribution in [-0.2, 0) is 22.4 Å². The van der Waals surface area contributed by atoms with Crippen LogP contribution >= 0.6 is 0 Å². The first-order valence-corrected chi connectivity index (χ1v) is 9.95. The highest BCUT2D eigenvalue weighted by Crippen LogP contribution is 2.08. The molecule has 1 N–H and O–H groups in total. The van der Waals surface area contributed by atoms with Gasteiger partial charge in [-0.25, -0.2) is 9.59 Å². The standard InChI is InChI=1S/C22H28N4O3/c1-29-21(27)20(17-18-7-3-2-4-8-18)24-22(28)26-15-13-25(14-16-26)12-10-19-9-5-6-11-23-19/h2-9,11,20H,10,12-17H2,1H3,(H,24,28). The zero-order chi connectivity index (χ0) is 20.5. The SMILES string of the molecule is COC(=O)C(Cc1ccccc1)NC(=O)N1CCN(CCc2ccccn2)CC1. The van der Waals surface area contributed by atoms with E-state index in [4.69, 9.17) is 4.74 Å². The molecule has 2 amide bonds. The van der Waals surface area contributed by atoms with Gasteiger partial charge in [-0.3, -0.25) is 9.88 Å². The van der Waals surface area contributed by atoms with E-state index in [9.17, 15) is 9.59 Å². The number of methoxy groups -OCH3 is 1. The lowest BCUT2D eigenvalue weighted by Gasteiger charge is -2.35. The molecular weight excluding hydrogens is 368 g/mol. The van der Waals surface area contributed by atoms with Crippen LogP contribution in [-0.4, -0.2) is 72.7 Å². The molecule has 154 valence electrons. The zero-order valence-corrected chi connectivity index (χ0v) is 16.8. The molecule has 1 aromatic carbocycles. The highest BCUT2D eigenvalue weighted by Gasteiger charge is 2.26. The number of urea groups is 1. The van der Waals surface area contributed by atoms with Crippen molar-refractivity contribution in [3.05, 3.63) is 66.0 Å². The smallest absolute Gasteiger partial charge is 0.328 e. The average molecular weight is 396 g/mol. The van der Waals surface area contributed by atoms with Crippen molar-refractivity contribution in [3.63, 3.8) is 0 Å². The zero-order valence-electron chi connectivity index (χ0n) is 16.8. The van der Waals surface area contributed by atoms with Gasteiger partial charge in [-0.1, -0.05) is 36.4 Å². The lowest BCUT2D eigenvalue weighted by atomic mass is 10.1. The van der Waals surface area contributed by atoms with E-state index in [2.05, 4.69) is 15.2 Å². The predicted octanol–water partition coefficient (Wildman–Crippen LogP) is 1.74. The second-order valence-corrected chi connectivity index (χ2v) is 7.11. The van der Waals surface area contributed by atoms with Crippen molar-refractivity contribution in [3.8, 4) is 0 Å². The Balaban J connectivity index is 1.47. The highest BCUT2D eigenvalue weighted by molar-refractivity contribution is 5.83. The summed E-state index contributed by atoms with van der Waals surface area (Å²) in [6.07, 6.45) is 3.11. The van der Waals surface area contributed by atoms with Gasteiger partial charge >= 0.3 is 12.0 Å². The second-order valence-electron chi connectivity index (χ2n) is 7.11. The number of piperazine rings is 1. The molecule has 3 rings (SSSR count). The van der Waals surface area contributed by atoms with Gasteiger partial charge in [0.1, 0.15) is 6.04 Å². The van der Waals surface area contributed by atoms with Crippen LogP contribution in [0.5, 0.6) is 0 Å². The fourth-order valence-electron chi connectivity index (χ4n) is 3.42. The topological polar surface area (TPSA) is 74.8 Å². The summed E-state index contributed by atoms with van der Waals surface area (Å²) in [7, 11) is 1.34. The molecule has 2 heterocycles. The molecule has 0 saturated carbocycles. The Morgan fingerprint density at radius 2 is 1.79 bits per heavy atom. The first-order chi connectivity index (χ1) is 14.2. The van der Waals surface area contributed by atoms with Gasteiger partial charge in [0.2, 0.25) is 0 Å². The minimum absolute atomic E-state index is 0.222. The third-order valence-electron chi connectivity index (χ3n) is 5.14. The highest BCUT2D eigenvalue weighted by atomic mass is 16.5. The van der Waals surface area contributed by atoms with E-state index >= 15 is 0 Å². The number of hydrogen-bond donors (Lipinski definition) is 1. The van der Waals surface area contributed by atoms with E-state index in [1.54, 1.807) is 4.90 Å². The number of amides is 2. The summed E-state index contributed by atoms with van der Waals surface area (Å²) in [5.41, 5.74) is 2.05. The number of benzene rings is 1. The molecule has 1 aromatic heterocycles. The van der Waals surface area contributed by atoms with Crippen molar-refractivity contribution in [1.82, 2.24) is 20.1 Å². The number of nitrogens with one attached hydrogen (secondary N) is 1. The number of carbonyl (C=O) groups is 2. The molecule has 1 unspecified atom stereocenters. The Labute approximate surface area is 171 Å². The van der Waals surface area contributed by atoms with Gasteiger partial charge in [0.15, 0.2) is 0 Å². The third-order valence-corrected chi connectivity index (χ3v) is 5.14. The molecule has 29 heavy (non-hydrogen) atoms. The number of carbonyl (C=O) groups excluding carboxylic acids is 2. The molecule has 1 aliphatic heterocycles. The summed E-state index contributed by atoms with van der Waals surface area (Å²) in [5.74, 6) is -0.434. The Bertz CT molecular complexity index is 777. The lowest BCUT2D eigenvalue weighted by Crippen LogP contribution is -2.55. The summed E-state index contributed by atoms with van der Waals surface area (Å²) in [6.45, 7) is 3.80. The molecule has 0 aliphatic carbocycles. The number of hydrogen-bond acceptors (Lipinski definition) is 5. The van der Waals surface area contributed by atoms with Gasteiger partial charge in [-0.05, 0) is 17.7 Å². The van der Waals surface area contributed by atoms with Gasteiger partial charge in [0.25, 0.3) is 0 Å². The van der Waals surface area contributed by atoms with Crippen LogP contribution in [0.25, 0.3) is 0 Å². The second kappa shape index (κ2) is 10.6. The van der Waals surface area contributed by atoms with Crippen molar-refractivity contribution >= 4 is 12.0 Å². The molecule has 7 heteroatoms. The van der Waals surface area contributed by atoms with Crippen LogP contribution in [0.1, 0.15) is 11.3 Å². The van der Waals surface area contributed by atoms with Gasteiger partial charge in [0.05, 0.1) is 7.11 Å². The maximum atomic E-state index is 12.7. The number of rotatable bonds is 7. The van der Waals surface area contributed by atoms with Crippen LogP contribution in [0.2, 0.25) is 0 Å². The monoisotopic (exact) mass is 396 g/mol. The lowest BCUT2D eigenvalue weighted by molar-refractivity contribution is -0.142. The summed E-state index contributed by atoms with van der Waals surface area (Å²) >= 11 is 0. The molecule has 0 bridgehead atoms. The van der Waals surface area contributed by atoms with Crippen molar-refractivity contribution in [2.24, 2.45) is 0 Å². The molecule has 1 aliphatic rings. The van der Waals surface area contributed by atoms with Crippen molar-refractivity contribution in [1.29, 1.82) is 0 Å². The molecule has 1 saturated heterocycles. The number of aromatic nitrogens is 1. The fraction of sp³-hybridized carbons (Fsp3) is 0.409. The quantitative estimate of drug-likeness (QED) is 0.722.